The summed E-state index contributed by atoms with van der Waals surface area (Å²) < 4.78 is 13.4. The second kappa shape index (κ2) is 10.3. The molecule has 8 heteroatoms. The number of furan rings is 1. The fourth-order valence-electron chi connectivity index (χ4n) is 3.91. The molecular formula is C24H28ClN3O4. The minimum absolute atomic E-state index is 0.0239. The zero-order valence-electron chi connectivity index (χ0n) is 18.2. The van der Waals surface area contributed by atoms with Gasteiger partial charge in [0, 0.05) is 43.0 Å². The van der Waals surface area contributed by atoms with Gasteiger partial charge in [0.2, 0.25) is 11.6 Å². The molecule has 0 radical (unpaired) electrons. The number of hydrogen-bond acceptors (Lipinski definition) is 5. The molecule has 0 saturated carbocycles. The van der Waals surface area contributed by atoms with Gasteiger partial charge in [-0.1, -0.05) is 30.7 Å². The number of amides is 1. The highest BCUT2D eigenvalue weighted by Gasteiger charge is 2.18. The molecule has 3 heterocycles. The molecule has 1 aliphatic rings. The number of nitrogens with one attached hydrogen (secondary N) is 1. The monoisotopic (exact) mass is 457 g/mol. The minimum Gasteiger partial charge on any atom is -0.443 e. The van der Waals surface area contributed by atoms with E-state index >= 15 is 0 Å². The van der Waals surface area contributed by atoms with Crippen molar-refractivity contribution in [3.05, 3.63) is 68.7 Å². The summed E-state index contributed by atoms with van der Waals surface area (Å²) in [4.78, 5) is 27.9. The maximum atomic E-state index is 13.1. The van der Waals surface area contributed by atoms with Gasteiger partial charge in [-0.15, -0.1) is 0 Å². The van der Waals surface area contributed by atoms with Gasteiger partial charge in [-0.05, 0) is 30.2 Å². The third kappa shape index (κ3) is 5.41. The Labute approximate surface area is 191 Å². The topological polar surface area (TPSA) is 76.7 Å². The molecule has 32 heavy (non-hydrogen) atoms. The van der Waals surface area contributed by atoms with Crippen LogP contribution in [0.4, 0.5) is 0 Å². The van der Waals surface area contributed by atoms with E-state index in [1.807, 2.05) is 22.8 Å². The second-order valence-corrected chi connectivity index (χ2v) is 8.51. The van der Waals surface area contributed by atoms with Crippen molar-refractivity contribution in [2.24, 2.45) is 0 Å². The van der Waals surface area contributed by atoms with E-state index in [2.05, 4.69) is 17.1 Å². The highest BCUT2D eigenvalue weighted by Crippen LogP contribution is 2.20. The Morgan fingerprint density at radius 2 is 1.94 bits per heavy atom. The first-order valence-electron chi connectivity index (χ1n) is 11.0. The molecule has 1 amide bonds. The van der Waals surface area contributed by atoms with E-state index in [4.69, 9.17) is 20.8 Å². The van der Waals surface area contributed by atoms with Crippen LogP contribution in [0.3, 0.4) is 0 Å². The van der Waals surface area contributed by atoms with E-state index in [0.29, 0.717) is 54.5 Å². The first-order valence-corrected chi connectivity index (χ1v) is 11.4. The quantitative estimate of drug-likeness (QED) is 0.561. The molecule has 0 unspecified atom stereocenters. The van der Waals surface area contributed by atoms with Crippen LogP contribution in [0.5, 0.6) is 0 Å². The highest BCUT2D eigenvalue weighted by atomic mass is 35.5. The van der Waals surface area contributed by atoms with Crippen LogP contribution in [0, 0.1) is 0 Å². The number of hydrogen-bond donors (Lipinski definition) is 1. The molecule has 1 N–H and O–H groups in total. The van der Waals surface area contributed by atoms with Crippen LogP contribution in [0.15, 0.2) is 45.7 Å². The average molecular weight is 458 g/mol. The third-order valence-electron chi connectivity index (χ3n) is 5.57. The number of nitrogens with zero attached hydrogens (tertiary/aromatic N) is 2. The zero-order chi connectivity index (χ0) is 22.5. The molecule has 1 saturated heterocycles. The number of aryl methyl sites for hydroxylation is 1. The Balaban J connectivity index is 1.52. The molecule has 1 fully saturated rings. The van der Waals surface area contributed by atoms with Crippen molar-refractivity contribution in [2.75, 3.05) is 26.3 Å². The molecule has 1 aromatic carbocycles. The van der Waals surface area contributed by atoms with Crippen LogP contribution in [0.2, 0.25) is 5.02 Å². The van der Waals surface area contributed by atoms with Gasteiger partial charge in [0.25, 0.3) is 0 Å². The third-order valence-corrected chi connectivity index (χ3v) is 5.83. The van der Waals surface area contributed by atoms with E-state index in [9.17, 15) is 9.59 Å². The summed E-state index contributed by atoms with van der Waals surface area (Å²) in [5, 5.41) is 4.06. The van der Waals surface area contributed by atoms with Gasteiger partial charge >= 0.3 is 0 Å². The fourth-order valence-corrected chi connectivity index (χ4v) is 4.04. The fraction of sp³-hybridized carbons (Fsp3) is 0.417. The molecule has 2 aromatic heterocycles. The highest BCUT2D eigenvalue weighted by molar-refractivity contribution is 6.30. The van der Waals surface area contributed by atoms with Crippen molar-refractivity contribution >= 4 is 28.6 Å². The number of carbonyl (C=O) groups excluding carboxylic acids is 1. The largest absolute Gasteiger partial charge is 0.443 e. The van der Waals surface area contributed by atoms with Crippen LogP contribution in [-0.2, 0) is 35.6 Å². The summed E-state index contributed by atoms with van der Waals surface area (Å²) in [6.07, 6.45) is 2.67. The molecule has 0 spiro atoms. The predicted octanol–water partition coefficient (Wildman–Crippen LogP) is 3.35. The molecule has 0 bridgehead atoms. The lowest BCUT2D eigenvalue weighted by Crippen LogP contribution is -2.35. The van der Waals surface area contributed by atoms with Gasteiger partial charge < -0.3 is 19.0 Å². The van der Waals surface area contributed by atoms with Gasteiger partial charge in [0.1, 0.15) is 5.76 Å². The molecule has 3 aromatic rings. The molecule has 1 aliphatic heterocycles. The summed E-state index contributed by atoms with van der Waals surface area (Å²) in [6.45, 7) is 6.90. The van der Waals surface area contributed by atoms with Crippen LogP contribution in [0.25, 0.3) is 11.1 Å². The maximum Gasteiger partial charge on any atom is 0.224 e. The number of carbonyl (C=O) groups is 1. The first-order chi connectivity index (χ1) is 15.5. The standard InChI is InChI=1S/C24H28ClN3O4/c1-2-7-28-15-18(12-22(29)26-14-17-3-5-19(25)6-4-17)23(30)21-13-20(32-24(21)28)16-27-8-10-31-11-9-27/h3-6,13,15H,2,7-12,14,16H2,1H3,(H,26,29). The van der Waals surface area contributed by atoms with E-state index in [1.165, 1.54) is 0 Å². The van der Waals surface area contributed by atoms with Gasteiger partial charge in [-0.3, -0.25) is 14.5 Å². The van der Waals surface area contributed by atoms with Crippen LogP contribution >= 0.6 is 11.6 Å². The van der Waals surface area contributed by atoms with Crippen molar-refractivity contribution < 1.29 is 13.9 Å². The number of morpholine rings is 1. The summed E-state index contributed by atoms with van der Waals surface area (Å²) in [7, 11) is 0. The summed E-state index contributed by atoms with van der Waals surface area (Å²) >= 11 is 5.90. The second-order valence-electron chi connectivity index (χ2n) is 8.08. The molecule has 0 atom stereocenters. The van der Waals surface area contributed by atoms with Gasteiger partial charge in [0.05, 0.1) is 31.6 Å². The lowest BCUT2D eigenvalue weighted by molar-refractivity contribution is -0.120. The Kier molecular flexibility index (Phi) is 7.29. The number of fused-ring (bicyclic) bond motifs is 1. The normalized spacial score (nSPS) is 14.7. The molecule has 7 nitrogen and oxygen atoms in total. The lowest BCUT2D eigenvalue weighted by atomic mass is 10.1. The van der Waals surface area contributed by atoms with E-state index in [-0.39, 0.29) is 17.8 Å². The predicted molar refractivity (Wildman–Crippen MR) is 124 cm³/mol. The van der Waals surface area contributed by atoms with Crippen LogP contribution in [-0.4, -0.2) is 41.7 Å². The Morgan fingerprint density at radius 1 is 1.19 bits per heavy atom. The molecular weight excluding hydrogens is 430 g/mol. The van der Waals surface area contributed by atoms with Crippen molar-refractivity contribution in [2.45, 2.75) is 39.4 Å². The van der Waals surface area contributed by atoms with Crippen molar-refractivity contribution in [3.8, 4) is 0 Å². The van der Waals surface area contributed by atoms with Crippen molar-refractivity contribution in [3.63, 3.8) is 0 Å². The zero-order valence-corrected chi connectivity index (χ0v) is 19.0. The van der Waals surface area contributed by atoms with Gasteiger partial charge in [-0.2, -0.15) is 0 Å². The molecule has 170 valence electrons. The number of ether oxygens (including phenoxy) is 1. The number of halogens is 1. The van der Waals surface area contributed by atoms with Crippen molar-refractivity contribution in [1.29, 1.82) is 0 Å². The summed E-state index contributed by atoms with van der Waals surface area (Å²) in [6, 6.07) is 9.13. The SMILES string of the molecule is CCCn1cc(CC(=O)NCc2ccc(Cl)cc2)c(=O)c2cc(CN3CCOCC3)oc21. The Morgan fingerprint density at radius 3 is 2.66 bits per heavy atom. The van der Waals surface area contributed by atoms with E-state index in [0.717, 1.165) is 30.8 Å². The van der Waals surface area contributed by atoms with Crippen LogP contribution < -0.4 is 10.7 Å². The van der Waals surface area contributed by atoms with Gasteiger partial charge in [0.15, 0.2) is 5.43 Å². The number of pyridine rings is 1. The van der Waals surface area contributed by atoms with E-state index in [1.54, 1.807) is 18.3 Å². The maximum absolute atomic E-state index is 13.1. The van der Waals surface area contributed by atoms with Gasteiger partial charge in [-0.25, -0.2) is 0 Å². The summed E-state index contributed by atoms with van der Waals surface area (Å²) in [5.41, 5.74) is 1.85. The number of rotatable bonds is 8. The Bertz CT molecular complexity index is 1130. The molecule has 4 rings (SSSR count). The first kappa shape index (κ1) is 22.6. The Hall–Kier alpha value is -2.61. The minimum atomic E-state index is -0.198. The van der Waals surface area contributed by atoms with Crippen molar-refractivity contribution in [1.82, 2.24) is 14.8 Å². The lowest BCUT2D eigenvalue weighted by Gasteiger charge is -2.25. The average Bonchev–Trinajstić information content (AvgIpc) is 3.22. The number of aromatic nitrogens is 1. The van der Waals surface area contributed by atoms with E-state index < -0.39 is 0 Å². The summed E-state index contributed by atoms with van der Waals surface area (Å²) in [5.74, 6) is 0.560. The van der Waals surface area contributed by atoms with Crippen LogP contribution in [0.1, 0.15) is 30.2 Å². The number of benzene rings is 1. The molecule has 0 aliphatic carbocycles. The smallest absolute Gasteiger partial charge is 0.224 e.